The van der Waals surface area contributed by atoms with Crippen molar-refractivity contribution in [3.8, 4) is 0 Å². The molecule has 2 aliphatic rings. The maximum Gasteiger partial charge on any atom is 0.136 e. The third kappa shape index (κ3) is 3.57. The average Bonchev–Trinajstić information content (AvgIpc) is 2.64. The Morgan fingerprint density at radius 3 is 2.68 bits per heavy atom. The van der Waals surface area contributed by atoms with Gasteiger partial charge in [-0.15, -0.1) is 0 Å². The molecule has 0 bridgehead atoms. The number of rotatable bonds is 8. The Kier molecular flexibility index (Phi) is 5.40. The molecular weight excluding hydrogens is 240 g/mol. The van der Waals surface area contributed by atoms with Crippen LogP contribution < -0.4 is 0 Å². The lowest BCUT2D eigenvalue weighted by molar-refractivity contribution is -0.133. The molecule has 5 atom stereocenters. The summed E-state index contributed by atoms with van der Waals surface area (Å²) in [5, 5.41) is 20.0. The molecule has 2 saturated carbocycles. The first kappa shape index (κ1) is 15.0. The van der Waals surface area contributed by atoms with E-state index >= 15 is 0 Å². The second-order valence-corrected chi connectivity index (χ2v) is 6.49. The quantitative estimate of drug-likeness (QED) is 0.665. The molecule has 0 aromatic carbocycles. The topological polar surface area (TPSA) is 57.5 Å². The maximum absolute atomic E-state index is 11.4. The third-order valence-electron chi connectivity index (χ3n) is 5.13. The van der Waals surface area contributed by atoms with E-state index in [-0.39, 0.29) is 24.0 Å². The van der Waals surface area contributed by atoms with Gasteiger partial charge in [0.25, 0.3) is 0 Å². The lowest BCUT2D eigenvalue weighted by Crippen LogP contribution is -2.36. The molecule has 2 N–H and O–H groups in total. The van der Waals surface area contributed by atoms with Gasteiger partial charge in [0.2, 0.25) is 0 Å². The Hall–Kier alpha value is -0.410. The van der Waals surface area contributed by atoms with Crippen LogP contribution in [0.25, 0.3) is 0 Å². The first-order valence-electron chi connectivity index (χ1n) is 8.02. The smallest absolute Gasteiger partial charge is 0.136 e. The van der Waals surface area contributed by atoms with Crippen molar-refractivity contribution < 1.29 is 15.0 Å². The van der Waals surface area contributed by atoms with Crippen molar-refractivity contribution in [2.24, 2.45) is 17.8 Å². The fraction of sp³-hybridized carbons (Fsp3) is 0.938. The molecule has 2 rings (SSSR count). The minimum atomic E-state index is -0.311. The molecule has 0 radical (unpaired) electrons. The number of ketones is 1. The molecule has 19 heavy (non-hydrogen) atoms. The second kappa shape index (κ2) is 6.85. The second-order valence-electron chi connectivity index (χ2n) is 6.49. The number of aliphatic hydroxyl groups is 2. The van der Waals surface area contributed by atoms with Crippen molar-refractivity contribution in [2.75, 3.05) is 0 Å². The molecule has 110 valence electrons. The van der Waals surface area contributed by atoms with Gasteiger partial charge in [-0.05, 0) is 37.5 Å². The molecule has 2 aliphatic carbocycles. The van der Waals surface area contributed by atoms with E-state index in [4.69, 9.17) is 0 Å². The van der Waals surface area contributed by atoms with Crippen LogP contribution in [0.3, 0.4) is 0 Å². The van der Waals surface area contributed by atoms with Gasteiger partial charge < -0.3 is 10.2 Å². The summed E-state index contributed by atoms with van der Waals surface area (Å²) in [6, 6.07) is 0. The molecule has 3 nitrogen and oxygen atoms in total. The van der Waals surface area contributed by atoms with Gasteiger partial charge in [-0.2, -0.15) is 0 Å². The van der Waals surface area contributed by atoms with Crippen LogP contribution in [0.2, 0.25) is 0 Å². The van der Waals surface area contributed by atoms with Crippen LogP contribution in [0, 0.1) is 17.8 Å². The molecule has 0 saturated heterocycles. The number of fused-ring (bicyclic) bond motifs is 1. The summed E-state index contributed by atoms with van der Waals surface area (Å²) in [5.74, 6) is 1.15. The van der Waals surface area contributed by atoms with E-state index in [1.165, 1.54) is 19.3 Å². The Bertz CT molecular complexity index is 302. The summed E-state index contributed by atoms with van der Waals surface area (Å²) in [4.78, 5) is 11.4. The van der Waals surface area contributed by atoms with Crippen molar-refractivity contribution in [3.63, 3.8) is 0 Å². The van der Waals surface area contributed by atoms with Crippen LogP contribution in [0.1, 0.15) is 64.7 Å². The highest BCUT2D eigenvalue weighted by Gasteiger charge is 2.52. The van der Waals surface area contributed by atoms with E-state index in [1.807, 2.05) is 0 Å². The highest BCUT2D eigenvalue weighted by atomic mass is 16.3. The maximum atomic E-state index is 11.4. The number of Topliss-reactive ketones (excluding diaryl/α,β-unsaturated/α-hetero) is 1. The van der Waals surface area contributed by atoms with Crippen molar-refractivity contribution >= 4 is 5.78 Å². The number of carbonyl (C=O) groups is 1. The number of aliphatic hydroxyl groups excluding tert-OH is 2. The molecule has 2 fully saturated rings. The minimum Gasteiger partial charge on any atom is -0.393 e. The van der Waals surface area contributed by atoms with Gasteiger partial charge in [-0.1, -0.05) is 32.6 Å². The Morgan fingerprint density at radius 1 is 1.26 bits per heavy atom. The van der Waals surface area contributed by atoms with Gasteiger partial charge in [0.1, 0.15) is 5.78 Å². The molecule has 5 unspecified atom stereocenters. The van der Waals surface area contributed by atoms with Crippen LogP contribution in [0.4, 0.5) is 0 Å². The van der Waals surface area contributed by atoms with Crippen molar-refractivity contribution in [1.82, 2.24) is 0 Å². The summed E-state index contributed by atoms with van der Waals surface area (Å²) in [6.45, 7) is 2.19. The van der Waals surface area contributed by atoms with Crippen LogP contribution >= 0.6 is 0 Å². The fourth-order valence-electron chi connectivity index (χ4n) is 3.82. The summed E-state index contributed by atoms with van der Waals surface area (Å²) >= 11 is 0. The van der Waals surface area contributed by atoms with Crippen molar-refractivity contribution in [1.29, 1.82) is 0 Å². The van der Waals surface area contributed by atoms with Gasteiger partial charge in [-0.3, -0.25) is 4.79 Å². The van der Waals surface area contributed by atoms with E-state index in [9.17, 15) is 15.0 Å². The van der Waals surface area contributed by atoms with Crippen molar-refractivity contribution in [3.05, 3.63) is 0 Å². The van der Waals surface area contributed by atoms with E-state index in [2.05, 4.69) is 6.92 Å². The first-order chi connectivity index (χ1) is 9.13. The number of hydrogen-bond donors (Lipinski definition) is 2. The molecule has 0 amide bonds. The summed E-state index contributed by atoms with van der Waals surface area (Å²) < 4.78 is 0. The zero-order chi connectivity index (χ0) is 13.8. The number of carbonyl (C=O) groups excluding carboxylic acids is 1. The molecule has 0 aliphatic heterocycles. The number of unbranched alkanes of at least 4 members (excludes halogenated alkanes) is 3. The van der Waals surface area contributed by atoms with Gasteiger partial charge in [-0.25, -0.2) is 0 Å². The molecule has 3 heteroatoms. The Balaban J connectivity index is 1.63. The zero-order valence-corrected chi connectivity index (χ0v) is 12.1. The summed E-state index contributed by atoms with van der Waals surface area (Å²) in [6.07, 6.45) is 8.13. The summed E-state index contributed by atoms with van der Waals surface area (Å²) in [5.41, 5.74) is 0. The van der Waals surface area contributed by atoms with Crippen LogP contribution in [-0.4, -0.2) is 28.2 Å². The minimum absolute atomic E-state index is 0.140. The Morgan fingerprint density at radius 2 is 2.05 bits per heavy atom. The van der Waals surface area contributed by atoms with Crippen molar-refractivity contribution in [2.45, 2.75) is 76.9 Å². The predicted octanol–water partition coefficient (Wildman–Crippen LogP) is 2.68. The average molecular weight is 268 g/mol. The third-order valence-corrected chi connectivity index (χ3v) is 5.13. The first-order valence-corrected chi connectivity index (χ1v) is 8.02. The van der Waals surface area contributed by atoms with E-state index in [1.54, 1.807) is 0 Å². The van der Waals surface area contributed by atoms with Gasteiger partial charge in [0, 0.05) is 12.3 Å². The molecule has 0 aromatic heterocycles. The standard InChI is InChI=1S/C16H28O3/c1-2-3-4-5-6-11(17)7-8-12-13-9-16(19)14(13)10-15(12)18/h11-15,17-18H,2-10H2,1H3. The van der Waals surface area contributed by atoms with Gasteiger partial charge >= 0.3 is 0 Å². The highest BCUT2D eigenvalue weighted by Crippen LogP contribution is 2.49. The van der Waals surface area contributed by atoms with E-state index in [0.717, 1.165) is 25.7 Å². The number of hydrogen-bond acceptors (Lipinski definition) is 3. The lowest BCUT2D eigenvalue weighted by atomic mass is 9.70. The fourth-order valence-corrected chi connectivity index (χ4v) is 3.82. The zero-order valence-electron chi connectivity index (χ0n) is 12.1. The Labute approximate surface area is 116 Å². The van der Waals surface area contributed by atoms with E-state index in [0.29, 0.717) is 24.5 Å². The van der Waals surface area contributed by atoms with Crippen LogP contribution in [0.5, 0.6) is 0 Å². The largest absolute Gasteiger partial charge is 0.393 e. The molecule has 0 heterocycles. The molecule has 0 aromatic rings. The predicted molar refractivity (Wildman–Crippen MR) is 74.7 cm³/mol. The lowest BCUT2D eigenvalue weighted by Gasteiger charge is -2.32. The highest BCUT2D eigenvalue weighted by molar-refractivity contribution is 5.88. The van der Waals surface area contributed by atoms with Crippen LogP contribution in [-0.2, 0) is 4.79 Å². The van der Waals surface area contributed by atoms with Gasteiger partial charge in [0.05, 0.1) is 12.2 Å². The summed E-state index contributed by atoms with van der Waals surface area (Å²) in [7, 11) is 0. The van der Waals surface area contributed by atoms with E-state index < -0.39 is 0 Å². The normalized spacial score (nSPS) is 35.0. The SMILES string of the molecule is CCCCCCC(O)CCC1C(O)CC2C(=O)CC21. The monoisotopic (exact) mass is 268 g/mol. The molecular formula is C16H28O3. The van der Waals surface area contributed by atoms with Crippen LogP contribution in [0.15, 0.2) is 0 Å². The van der Waals surface area contributed by atoms with Gasteiger partial charge in [0.15, 0.2) is 0 Å². The molecule has 0 spiro atoms.